The molecule has 0 bridgehead atoms. The number of ether oxygens (including phenoxy) is 2. The van der Waals surface area contributed by atoms with Crippen molar-refractivity contribution in [2.45, 2.75) is 67.9 Å². The van der Waals surface area contributed by atoms with Gasteiger partial charge in [-0.3, -0.25) is 14.5 Å². The number of nitrogens with one attached hydrogen (secondary N) is 1. The first-order chi connectivity index (χ1) is 21.4. The Bertz CT molecular complexity index is 1590. The smallest absolute Gasteiger partial charge is 0.308 e. The molecule has 6 rings (SSSR count). The molecule has 44 heavy (non-hydrogen) atoms. The van der Waals surface area contributed by atoms with E-state index in [1.54, 1.807) is 0 Å². The highest BCUT2D eigenvalue weighted by atomic mass is 32.2. The summed E-state index contributed by atoms with van der Waals surface area (Å²) in [6.45, 7) is 3.61. The number of hydrogen-bond donors (Lipinski definition) is 1. The van der Waals surface area contributed by atoms with Gasteiger partial charge in [0, 0.05) is 30.1 Å². The number of benzene rings is 3. The zero-order valence-electron chi connectivity index (χ0n) is 25.3. The normalized spacial score (nSPS) is 20.3. The molecule has 9 heteroatoms. The lowest BCUT2D eigenvalue weighted by Gasteiger charge is -2.43. The molecular weight excluding hydrogens is 574 g/mol. The fourth-order valence-electron chi connectivity index (χ4n) is 6.19. The number of carbonyl (C=O) groups excluding carboxylic acids is 2. The molecule has 1 aromatic heterocycles. The third-order valence-electron chi connectivity index (χ3n) is 8.61. The third-order valence-corrected chi connectivity index (χ3v) is 9.98. The Morgan fingerprint density at radius 3 is 2.45 bits per heavy atom. The van der Waals surface area contributed by atoms with Crippen LogP contribution in [0.4, 0.5) is 11.7 Å². The first-order valence-corrected chi connectivity index (χ1v) is 16.3. The minimum atomic E-state index is -1.19. The van der Waals surface area contributed by atoms with Gasteiger partial charge in [0.15, 0.2) is 11.4 Å². The van der Waals surface area contributed by atoms with Crippen LogP contribution in [0, 0.1) is 12.8 Å². The summed E-state index contributed by atoms with van der Waals surface area (Å²) in [5.74, 6) is -0.276. The van der Waals surface area contributed by atoms with Crippen LogP contribution in [0.5, 0.6) is 0 Å². The predicted molar refractivity (Wildman–Crippen MR) is 172 cm³/mol. The Kier molecular flexibility index (Phi) is 9.35. The number of Topliss-reactive ketones (excluding diaryl/α,β-unsaturated/α-hetero) is 1. The molecule has 1 saturated heterocycles. The van der Waals surface area contributed by atoms with E-state index in [-0.39, 0.29) is 30.2 Å². The van der Waals surface area contributed by atoms with Crippen molar-refractivity contribution in [1.82, 2.24) is 9.88 Å². The average Bonchev–Trinajstić information content (AvgIpc) is 3.73. The van der Waals surface area contributed by atoms with Gasteiger partial charge in [-0.05, 0) is 86.9 Å². The van der Waals surface area contributed by atoms with E-state index in [4.69, 9.17) is 13.9 Å². The number of aromatic nitrogens is 1. The van der Waals surface area contributed by atoms with Gasteiger partial charge in [0.05, 0.1) is 19.1 Å². The molecule has 0 amide bonds. The number of ketones is 1. The zero-order chi connectivity index (χ0) is 30.5. The van der Waals surface area contributed by atoms with E-state index in [2.05, 4.69) is 15.2 Å². The second-order valence-electron chi connectivity index (χ2n) is 11.7. The van der Waals surface area contributed by atoms with Crippen molar-refractivity contribution in [3.05, 3.63) is 83.9 Å². The van der Waals surface area contributed by atoms with Gasteiger partial charge in [-0.2, -0.15) is 4.98 Å². The summed E-state index contributed by atoms with van der Waals surface area (Å²) in [5, 5.41) is 2.08. The van der Waals surface area contributed by atoms with Crippen LogP contribution in [0.2, 0.25) is 0 Å². The van der Waals surface area contributed by atoms with Crippen molar-refractivity contribution in [3.8, 4) is 0 Å². The molecule has 2 heterocycles. The Balaban J connectivity index is 1.27. The molecule has 1 atom stereocenters. The third kappa shape index (κ3) is 6.70. The van der Waals surface area contributed by atoms with Gasteiger partial charge in [-0.1, -0.05) is 54.2 Å². The van der Waals surface area contributed by atoms with E-state index in [1.165, 1.54) is 18.9 Å². The number of aryl methyl sites for hydroxylation is 1. The number of oxazole rings is 1. The van der Waals surface area contributed by atoms with Crippen LogP contribution in [-0.2, 0) is 25.5 Å². The van der Waals surface area contributed by atoms with Crippen LogP contribution in [0.3, 0.4) is 0 Å². The molecule has 230 valence electrons. The van der Waals surface area contributed by atoms with E-state index in [0.29, 0.717) is 37.3 Å². The minimum absolute atomic E-state index is 0.000434. The number of hydrogen-bond acceptors (Lipinski definition) is 9. The summed E-state index contributed by atoms with van der Waals surface area (Å²) in [6, 6.07) is 24.2. The number of rotatable bonds is 11. The van der Waals surface area contributed by atoms with E-state index in [0.717, 1.165) is 53.2 Å². The van der Waals surface area contributed by atoms with Crippen LogP contribution >= 0.6 is 11.8 Å². The number of fused-ring (bicyclic) bond motifs is 1. The second kappa shape index (κ2) is 13.5. The highest BCUT2D eigenvalue weighted by Crippen LogP contribution is 2.43. The number of nitrogens with zero attached hydrogens (tertiary/aromatic N) is 2. The standard InChI is InChI=1S/C35H39N3O5S/c1-24-10-6-7-13-29(24)36-34-37-30-19-14-25(22-31(30)42-34)23-32(39)35(38-20-8-9-21-38,44-28-11-4-3-5-12-28)43-27-17-15-26(16-18-27)33(40)41-2/h3-7,10-14,19,22,26-27H,8-9,15-18,20-21,23H2,1-2H3,(H,36,37)/t26-,27-,35?. The zero-order valence-corrected chi connectivity index (χ0v) is 26.1. The van der Waals surface area contributed by atoms with Crippen molar-refractivity contribution in [1.29, 1.82) is 0 Å². The van der Waals surface area contributed by atoms with Crippen LogP contribution in [0.1, 0.15) is 49.7 Å². The number of thioether (sulfide) groups is 1. The average molecular weight is 614 g/mol. The summed E-state index contributed by atoms with van der Waals surface area (Å²) in [6.07, 6.45) is 4.88. The molecule has 3 aromatic carbocycles. The summed E-state index contributed by atoms with van der Waals surface area (Å²) >= 11 is 1.49. The van der Waals surface area contributed by atoms with Gasteiger partial charge < -0.3 is 19.2 Å². The van der Waals surface area contributed by atoms with Gasteiger partial charge in [0.2, 0.25) is 5.06 Å². The van der Waals surface area contributed by atoms with E-state index < -0.39 is 5.06 Å². The molecular formula is C35H39N3O5S. The van der Waals surface area contributed by atoms with Crippen molar-refractivity contribution in [3.63, 3.8) is 0 Å². The van der Waals surface area contributed by atoms with Gasteiger partial charge in [-0.25, -0.2) is 0 Å². The number of anilines is 2. The number of likely N-dealkylation sites (tertiary alicyclic amines) is 1. The molecule has 0 radical (unpaired) electrons. The highest BCUT2D eigenvalue weighted by Gasteiger charge is 2.49. The molecule has 1 aliphatic heterocycles. The fraction of sp³-hybridized carbons (Fsp3) is 0.400. The van der Waals surface area contributed by atoms with Gasteiger partial charge in [-0.15, -0.1) is 0 Å². The van der Waals surface area contributed by atoms with Crippen molar-refractivity contribution in [2.24, 2.45) is 5.92 Å². The van der Waals surface area contributed by atoms with Crippen LogP contribution in [-0.4, -0.2) is 53.0 Å². The molecule has 1 N–H and O–H groups in total. The lowest BCUT2D eigenvalue weighted by Crippen LogP contribution is -2.55. The lowest BCUT2D eigenvalue weighted by atomic mass is 9.87. The molecule has 1 aliphatic carbocycles. The first-order valence-electron chi connectivity index (χ1n) is 15.4. The Hall–Kier alpha value is -3.66. The second-order valence-corrected chi connectivity index (χ2v) is 12.9. The topological polar surface area (TPSA) is 93.9 Å². The number of esters is 1. The molecule has 1 saturated carbocycles. The monoisotopic (exact) mass is 613 g/mol. The number of carbonyl (C=O) groups is 2. The fourth-order valence-corrected chi connectivity index (χ4v) is 7.48. The molecule has 2 aliphatic rings. The highest BCUT2D eigenvalue weighted by molar-refractivity contribution is 8.01. The van der Waals surface area contributed by atoms with Crippen LogP contribution in [0.25, 0.3) is 11.1 Å². The van der Waals surface area contributed by atoms with Gasteiger partial charge in [0.25, 0.3) is 6.01 Å². The first kappa shape index (κ1) is 30.4. The van der Waals surface area contributed by atoms with Crippen LogP contribution in [0.15, 0.2) is 82.1 Å². The lowest BCUT2D eigenvalue weighted by molar-refractivity contribution is -0.166. The maximum Gasteiger partial charge on any atom is 0.308 e. The van der Waals surface area contributed by atoms with Gasteiger partial charge >= 0.3 is 5.97 Å². The van der Waals surface area contributed by atoms with Crippen molar-refractivity contribution < 1.29 is 23.5 Å². The van der Waals surface area contributed by atoms with E-state index >= 15 is 0 Å². The van der Waals surface area contributed by atoms with Crippen LogP contribution < -0.4 is 5.32 Å². The van der Waals surface area contributed by atoms with Gasteiger partial charge in [0.1, 0.15) is 5.52 Å². The molecule has 2 fully saturated rings. The SMILES string of the molecule is COC(=O)[C@H]1CC[C@H](OC(Sc2ccccc2)(C(=O)Cc2ccc3nc(Nc4ccccc4C)oc3c2)N2CCCC2)CC1. The Morgan fingerprint density at radius 2 is 1.73 bits per heavy atom. The summed E-state index contributed by atoms with van der Waals surface area (Å²) in [5.41, 5.74) is 4.21. The number of methoxy groups -OCH3 is 1. The Morgan fingerprint density at radius 1 is 1.00 bits per heavy atom. The summed E-state index contributed by atoms with van der Waals surface area (Å²) < 4.78 is 18.0. The summed E-state index contributed by atoms with van der Waals surface area (Å²) in [7, 11) is 1.44. The maximum atomic E-state index is 14.6. The van der Waals surface area contributed by atoms with E-state index in [1.807, 2.05) is 79.7 Å². The Labute approximate surface area is 262 Å². The maximum absolute atomic E-state index is 14.6. The van der Waals surface area contributed by atoms with Crippen molar-refractivity contribution in [2.75, 3.05) is 25.5 Å². The predicted octanol–water partition coefficient (Wildman–Crippen LogP) is 7.28. The quantitative estimate of drug-likeness (QED) is 0.106. The molecule has 0 spiro atoms. The molecule has 1 unspecified atom stereocenters. The molecule has 4 aromatic rings. The molecule has 8 nitrogen and oxygen atoms in total. The van der Waals surface area contributed by atoms with Crippen molar-refractivity contribution >= 4 is 46.3 Å². The summed E-state index contributed by atoms with van der Waals surface area (Å²) in [4.78, 5) is 34.6. The van der Waals surface area contributed by atoms with E-state index in [9.17, 15) is 9.59 Å². The minimum Gasteiger partial charge on any atom is -0.469 e. The number of para-hydroxylation sites is 1. The largest absolute Gasteiger partial charge is 0.469 e.